The molecule has 0 saturated carbocycles. The summed E-state index contributed by atoms with van der Waals surface area (Å²) in [6.07, 6.45) is 3.26. The number of hydrogen-bond acceptors (Lipinski definition) is 3. The van der Waals surface area contributed by atoms with Crippen LogP contribution >= 0.6 is 0 Å². The zero-order valence-corrected chi connectivity index (χ0v) is 8.01. The molecular formula is C9H19NO2. The first kappa shape index (κ1) is 9.96. The Bertz CT molecular complexity index is 132. The molecule has 3 heteroatoms. The smallest absolute Gasteiger partial charge is 0.0647 e. The van der Waals surface area contributed by atoms with Gasteiger partial charge in [-0.3, -0.25) is 0 Å². The third kappa shape index (κ3) is 2.73. The molecule has 72 valence electrons. The fourth-order valence-corrected chi connectivity index (χ4v) is 1.69. The minimum atomic E-state index is -0.145. The average Bonchev–Trinajstić information content (AvgIpc) is 2.05. The Morgan fingerprint density at radius 3 is 2.92 bits per heavy atom. The van der Waals surface area contributed by atoms with Gasteiger partial charge in [0.1, 0.15) is 0 Å². The van der Waals surface area contributed by atoms with E-state index in [0.717, 1.165) is 25.9 Å². The SMILES string of the molecule is COC(C)CC1(N)CCCOC1. The molecule has 2 atom stereocenters. The fourth-order valence-electron chi connectivity index (χ4n) is 1.69. The molecule has 0 amide bonds. The monoisotopic (exact) mass is 173 g/mol. The molecule has 0 bridgehead atoms. The molecule has 1 aliphatic heterocycles. The normalized spacial score (nSPS) is 33.2. The predicted octanol–water partition coefficient (Wildman–Crippen LogP) is 0.919. The van der Waals surface area contributed by atoms with Crippen molar-refractivity contribution in [2.75, 3.05) is 20.3 Å². The lowest BCUT2D eigenvalue weighted by Gasteiger charge is -2.34. The topological polar surface area (TPSA) is 44.5 Å². The van der Waals surface area contributed by atoms with E-state index < -0.39 is 0 Å². The lowest BCUT2D eigenvalue weighted by atomic mass is 9.88. The van der Waals surface area contributed by atoms with Gasteiger partial charge < -0.3 is 15.2 Å². The van der Waals surface area contributed by atoms with Crippen molar-refractivity contribution < 1.29 is 9.47 Å². The highest BCUT2D eigenvalue weighted by molar-refractivity contribution is 4.88. The van der Waals surface area contributed by atoms with Crippen LogP contribution in [0.2, 0.25) is 0 Å². The first-order valence-electron chi connectivity index (χ1n) is 4.56. The maximum absolute atomic E-state index is 6.13. The van der Waals surface area contributed by atoms with Gasteiger partial charge in [-0.2, -0.15) is 0 Å². The summed E-state index contributed by atoms with van der Waals surface area (Å²) in [6, 6.07) is 0. The van der Waals surface area contributed by atoms with Crippen LogP contribution in [0.25, 0.3) is 0 Å². The molecule has 0 aromatic carbocycles. The maximum Gasteiger partial charge on any atom is 0.0647 e. The van der Waals surface area contributed by atoms with Crippen molar-refractivity contribution in [2.45, 2.75) is 37.8 Å². The molecule has 2 unspecified atom stereocenters. The van der Waals surface area contributed by atoms with Gasteiger partial charge in [-0.15, -0.1) is 0 Å². The third-order valence-electron chi connectivity index (χ3n) is 2.45. The molecule has 3 nitrogen and oxygen atoms in total. The molecule has 1 fully saturated rings. The Balaban J connectivity index is 2.35. The van der Waals surface area contributed by atoms with Gasteiger partial charge in [0.15, 0.2) is 0 Å². The van der Waals surface area contributed by atoms with E-state index in [1.165, 1.54) is 0 Å². The highest BCUT2D eigenvalue weighted by Crippen LogP contribution is 2.22. The second-order valence-corrected chi connectivity index (χ2v) is 3.77. The summed E-state index contributed by atoms with van der Waals surface area (Å²) < 4.78 is 10.5. The second-order valence-electron chi connectivity index (χ2n) is 3.77. The van der Waals surface area contributed by atoms with Crippen LogP contribution in [0.15, 0.2) is 0 Å². The highest BCUT2D eigenvalue weighted by atomic mass is 16.5. The van der Waals surface area contributed by atoms with E-state index in [-0.39, 0.29) is 11.6 Å². The number of hydrogen-bond donors (Lipinski definition) is 1. The van der Waals surface area contributed by atoms with E-state index in [9.17, 15) is 0 Å². The summed E-state index contributed by atoms with van der Waals surface area (Å²) in [5.41, 5.74) is 5.99. The van der Waals surface area contributed by atoms with E-state index in [2.05, 4.69) is 0 Å². The maximum atomic E-state index is 6.13. The van der Waals surface area contributed by atoms with E-state index in [1.54, 1.807) is 7.11 Å². The van der Waals surface area contributed by atoms with Gasteiger partial charge in [0, 0.05) is 19.3 Å². The van der Waals surface area contributed by atoms with Gasteiger partial charge in [-0.25, -0.2) is 0 Å². The summed E-state index contributed by atoms with van der Waals surface area (Å²) in [5, 5.41) is 0. The van der Waals surface area contributed by atoms with E-state index in [0.29, 0.717) is 6.61 Å². The van der Waals surface area contributed by atoms with Gasteiger partial charge >= 0.3 is 0 Å². The van der Waals surface area contributed by atoms with Gasteiger partial charge in [0.05, 0.1) is 12.7 Å². The van der Waals surface area contributed by atoms with Crippen molar-refractivity contribution in [3.8, 4) is 0 Å². The van der Waals surface area contributed by atoms with E-state index in [4.69, 9.17) is 15.2 Å². The van der Waals surface area contributed by atoms with Crippen molar-refractivity contribution >= 4 is 0 Å². The Morgan fingerprint density at radius 1 is 1.67 bits per heavy atom. The molecule has 12 heavy (non-hydrogen) atoms. The summed E-state index contributed by atoms with van der Waals surface area (Å²) in [5.74, 6) is 0. The molecular weight excluding hydrogens is 154 g/mol. The first-order valence-corrected chi connectivity index (χ1v) is 4.56. The van der Waals surface area contributed by atoms with Crippen LogP contribution in [0.4, 0.5) is 0 Å². The highest BCUT2D eigenvalue weighted by Gasteiger charge is 2.29. The lowest BCUT2D eigenvalue weighted by Crippen LogP contribution is -2.49. The minimum Gasteiger partial charge on any atom is -0.382 e. The second kappa shape index (κ2) is 4.21. The molecule has 0 aliphatic carbocycles. The number of methoxy groups -OCH3 is 1. The summed E-state index contributed by atoms with van der Waals surface area (Å²) in [7, 11) is 1.72. The van der Waals surface area contributed by atoms with Crippen molar-refractivity contribution in [2.24, 2.45) is 5.73 Å². The van der Waals surface area contributed by atoms with Crippen LogP contribution in [0.1, 0.15) is 26.2 Å². The van der Waals surface area contributed by atoms with Crippen molar-refractivity contribution in [1.82, 2.24) is 0 Å². The Morgan fingerprint density at radius 2 is 2.42 bits per heavy atom. The molecule has 2 N–H and O–H groups in total. The molecule has 1 heterocycles. The average molecular weight is 173 g/mol. The Labute approximate surface area is 74.2 Å². The van der Waals surface area contributed by atoms with Gasteiger partial charge in [-0.1, -0.05) is 0 Å². The van der Waals surface area contributed by atoms with Crippen LogP contribution in [-0.2, 0) is 9.47 Å². The molecule has 0 spiro atoms. The standard InChI is InChI=1S/C9H19NO2/c1-8(11-2)6-9(10)4-3-5-12-7-9/h8H,3-7,10H2,1-2H3. The number of nitrogens with two attached hydrogens (primary N) is 1. The zero-order valence-electron chi connectivity index (χ0n) is 8.01. The minimum absolute atomic E-state index is 0.145. The van der Waals surface area contributed by atoms with Crippen molar-refractivity contribution in [3.05, 3.63) is 0 Å². The van der Waals surface area contributed by atoms with Crippen LogP contribution < -0.4 is 5.73 Å². The zero-order chi connectivity index (χ0) is 9.03. The summed E-state index contributed by atoms with van der Waals surface area (Å²) >= 11 is 0. The van der Waals surface area contributed by atoms with Crippen molar-refractivity contribution in [1.29, 1.82) is 0 Å². The van der Waals surface area contributed by atoms with Crippen LogP contribution in [0, 0.1) is 0 Å². The van der Waals surface area contributed by atoms with Gasteiger partial charge in [0.25, 0.3) is 0 Å². The van der Waals surface area contributed by atoms with Crippen LogP contribution in [-0.4, -0.2) is 32.0 Å². The fraction of sp³-hybridized carbons (Fsp3) is 1.00. The molecule has 1 aliphatic rings. The number of rotatable bonds is 3. The Hall–Kier alpha value is -0.120. The quantitative estimate of drug-likeness (QED) is 0.690. The van der Waals surface area contributed by atoms with Crippen molar-refractivity contribution in [3.63, 3.8) is 0 Å². The van der Waals surface area contributed by atoms with Gasteiger partial charge in [0.2, 0.25) is 0 Å². The lowest BCUT2D eigenvalue weighted by molar-refractivity contribution is 0.00547. The first-order chi connectivity index (χ1) is 5.66. The predicted molar refractivity (Wildman–Crippen MR) is 48.1 cm³/mol. The largest absolute Gasteiger partial charge is 0.382 e. The van der Waals surface area contributed by atoms with Crippen LogP contribution in [0.5, 0.6) is 0 Å². The third-order valence-corrected chi connectivity index (χ3v) is 2.45. The Kier molecular flexibility index (Phi) is 3.50. The van der Waals surface area contributed by atoms with Crippen LogP contribution in [0.3, 0.4) is 0 Å². The molecule has 0 aromatic heterocycles. The molecule has 1 rings (SSSR count). The molecule has 1 saturated heterocycles. The summed E-state index contributed by atoms with van der Waals surface area (Å²) in [4.78, 5) is 0. The van der Waals surface area contributed by atoms with E-state index in [1.807, 2.05) is 6.92 Å². The van der Waals surface area contributed by atoms with E-state index >= 15 is 0 Å². The molecule has 0 aromatic rings. The van der Waals surface area contributed by atoms with Gasteiger partial charge in [-0.05, 0) is 26.2 Å². The summed E-state index contributed by atoms with van der Waals surface area (Å²) in [6.45, 7) is 3.59. The molecule has 0 radical (unpaired) electrons. The number of ether oxygens (including phenoxy) is 2.